The molecule has 0 atom stereocenters. The fourth-order valence-electron chi connectivity index (χ4n) is 1.43. The maximum Gasteiger partial charge on any atom is 0.0991 e. The molecule has 68 valence electrons. The molecule has 0 aromatic heterocycles. The molecule has 0 spiro atoms. The van der Waals surface area contributed by atoms with Crippen molar-refractivity contribution >= 4 is 0 Å². The third kappa shape index (κ3) is 2.59. The van der Waals surface area contributed by atoms with E-state index in [9.17, 15) is 0 Å². The minimum atomic E-state index is 0.673. The third-order valence-corrected chi connectivity index (χ3v) is 2.10. The molecular formula is C12H15N. The number of benzene rings is 1. The molecule has 1 heteroatoms. The molecule has 0 N–H and O–H groups in total. The Kier molecular flexibility index (Phi) is 3.08. The van der Waals surface area contributed by atoms with E-state index in [0.717, 1.165) is 12.0 Å². The van der Waals surface area contributed by atoms with E-state index in [2.05, 4.69) is 32.9 Å². The van der Waals surface area contributed by atoms with Gasteiger partial charge in [0.05, 0.1) is 11.6 Å². The molecule has 1 aromatic carbocycles. The molecule has 1 aromatic rings. The first kappa shape index (κ1) is 9.80. The molecule has 13 heavy (non-hydrogen) atoms. The highest BCUT2D eigenvalue weighted by Gasteiger charge is 2.01. The monoisotopic (exact) mass is 173 g/mol. The van der Waals surface area contributed by atoms with Gasteiger partial charge in [-0.15, -0.1) is 0 Å². The SMILES string of the molecule is Cc1cc(C#N)ccc1CC(C)C. The zero-order chi connectivity index (χ0) is 9.84. The highest BCUT2D eigenvalue weighted by atomic mass is 14.2. The van der Waals surface area contributed by atoms with Crippen LogP contribution in [0.2, 0.25) is 0 Å². The molecule has 0 radical (unpaired) electrons. The summed E-state index contributed by atoms with van der Waals surface area (Å²) < 4.78 is 0. The van der Waals surface area contributed by atoms with Crippen molar-refractivity contribution in [2.24, 2.45) is 5.92 Å². The maximum atomic E-state index is 8.68. The van der Waals surface area contributed by atoms with Gasteiger partial charge in [-0.2, -0.15) is 5.26 Å². The summed E-state index contributed by atoms with van der Waals surface area (Å²) in [7, 11) is 0. The lowest BCUT2D eigenvalue weighted by Gasteiger charge is -2.08. The predicted molar refractivity (Wildman–Crippen MR) is 54.4 cm³/mol. The van der Waals surface area contributed by atoms with Gasteiger partial charge in [0.2, 0.25) is 0 Å². The average molecular weight is 173 g/mol. The van der Waals surface area contributed by atoms with Crippen LogP contribution >= 0.6 is 0 Å². The zero-order valence-electron chi connectivity index (χ0n) is 8.46. The quantitative estimate of drug-likeness (QED) is 0.674. The molecule has 0 aliphatic heterocycles. The van der Waals surface area contributed by atoms with Gasteiger partial charge in [-0.3, -0.25) is 0 Å². The van der Waals surface area contributed by atoms with Crippen molar-refractivity contribution in [1.82, 2.24) is 0 Å². The average Bonchev–Trinajstić information content (AvgIpc) is 2.08. The highest BCUT2D eigenvalue weighted by molar-refractivity contribution is 5.37. The summed E-state index contributed by atoms with van der Waals surface area (Å²) in [6.45, 7) is 6.48. The zero-order valence-corrected chi connectivity index (χ0v) is 8.46. The highest BCUT2D eigenvalue weighted by Crippen LogP contribution is 2.14. The molecule has 1 rings (SSSR count). The molecule has 0 saturated heterocycles. The lowest BCUT2D eigenvalue weighted by Crippen LogP contribution is -1.96. The Bertz CT molecular complexity index is 331. The second kappa shape index (κ2) is 4.09. The second-order valence-corrected chi connectivity index (χ2v) is 3.85. The van der Waals surface area contributed by atoms with Crippen molar-refractivity contribution in [1.29, 1.82) is 5.26 Å². The van der Waals surface area contributed by atoms with Crippen molar-refractivity contribution in [3.8, 4) is 6.07 Å². The van der Waals surface area contributed by atoms with E-state index in [0.29, 0.717) is 5.92 Å². The molecule has 1 nitrogen and oxygen atoms in total. The minimum absolute atomic E-state index is 0.673. The Morgan fingerprint density at radius 1 is 1.38 bits per heavy atom. The van der Waals surface area contributed by atoms with Gasteiger partial charge in [0.1, 0.15) is 0 Å². The molecule has 0 unspecified atom stereocenters. The normalized spacial score (nSPS) is 10.1. The van der Waals surface area contributed by atoms with E-state index >= 15 is 0 Å². The molecule has 0 bridgehead atoms. The van der Waals surface area contributed by atoms with E-state index in [4.69, 9.17) is 5.26 Å². The summed E-state index contributed by atoms with van der Waals surface area (Å²) >= 11 is 0. The van der Waals surface area contributed by atoms with Gasteiger partial charge in [-0.05, 0) is 42.5 Å². The fraction of sp³-hybridized carbons (Fsp3) is 0.417. The first-order chi connectivity index (χ1) is 6.13. The fourth-order valence-corrected chi connectivity index (χ4v) is 1.43. The van der Waals surface area contributed by atoms with Crippen molar-refractivity contribution in [2.75, 3.05) is 0 Å². The van der Waals surface area contributed by atoms with Gasteiger partial charge in [-0.1, -0.05) is 19.9 Å². The van der Waals surface area contributed by atoms with Crippen LogP contribution in [0.3, 0.4) is 0 Å². The number of nitriles is 1. The van der Waals surface area contributed by atoms with Crippen molar-refractivity contribution in [3.05, 3.63) is 34.9 Å². The molecule has 0 amide bonds. The van der Waals surface area contributed by atoms with Crippen LogP contribution in [0.4, 0.5) is 0 Å². The Morgan fingerprint density at radius 2 is 2.08 bits per heavy atom. The lowest BCUT2D eigenvalue weighted by molar-refractivity contribution is 0.645. The summed E-state index contributed by atoms with van der Waals surface area (Å²) in [5.74, 6) is 0.673. The molecule has 0 aliphatic rings. The van der Waals surface area contributed by atoms with Crippen LogP contribution in [0.5, 0.6) is 0 Å². The smallest absolute Gasteiger partial charge is 0.0991 e. The van der Waals surface area contributed by atoms with Gasteiger partial charge in [0.25, 0.3) is 0 Å². The molecule has 0 saturated carbocycles. The summed E-state index contributed by atoms with van der Waals surface area (Å²) in [5, 5.41) is 8.68. The Morgan fingerprint density at radius 3 is 2.54 bits per heavy atom. The van der Waals surface area contributed by atoms with E-state index in [1.54, 1.807) is 0 Å². The predicted octanol–water partition coefficient (Wildman–Crippen LogP) is 3.07. The first-order valence-electron chi connectivity index (χ1n) is 4.63. The van der Waals surface area contributed by atoms with Crippen LogP contribution in [0.1, 0.15) is 30.5 Å². The standard InChI is InChI=1S/C12H15N/c1-9(2)6-12-5-4-11(8-13)7-10(12)3/h4-5,7,9H,6H2,1-3H3. The van der Waals surface area contributed by atoms with E-state index in [-0.39, 0.29) is 0 Å². The van der Waals surface area contributed by atoms with Gasteiger partial charge in [0, 0.05) is 0 Å². The van der Waals surface area contributed by atoms with Crippen LogP contribution in [0.25, 0.3) is 0 Å². The van der Waals surface area contributed by atoms with Gasteiger partial charge < -0.3 is 0 Å². The van der Waals surface area contributed by atoms with Gasteiger partial charge >= 0.3 is 0 Å². The maximum absolute atomic E-state index is 8.68. The molecule has 0 aliphatic carbocycles. The number of hydrogen-bond acceptors (Lipinski definition) is 1. The van der Waals surface area contributed by atoms with Gasteiger partial charge in [-0.25, -0.2) is 0 Å². The largest absolute Gasteiger partial charge is 0.192 e. The summed E-state index contributed by atoms with van der Waals surface area (Å²) in [4.78, 5) is 0. The third-order valence-electron chi connectivity index (χ3n) is 2.10. The first-order valence-corrected chi connectivity index (χ1v) is 4.63. The van der Waals surface area contributed by atoms with Crippen molar-refractivity contribution in [3.63, 3.8) is 0 Å². The molecule has 0 fully saturated rings. The van der Waals surface area contributed by atoms with E-state index in [1.165, 1.54) is 11.1 Å². The van der Waals surface area contributed by atoms with Crippen molar-refractivity contribution in [2.45, 2.75) is 27.2 Å². The number of hydrogen-bond donors (Lipinski definition) is 0. The van der Waals surface area contributed by atoms with Crippen molar-refractivity contribution < 1.29 is 0 Å². The Balaban J connectivity index is 2.93. The summed E-state index contributed by atoms with van der Waals surface area (Å²) in [6.07, 6.45) is 1.09. The van der Waals surface area contributed by atoms with Crippen LogP contribution in [-0.4, -0.2) is 0 Å². The van der Waals surface area contributed by atoms with Crippen LogP contribution in [0.15, 0.2) is 18.2 Å². The minimum Gasteiger partial charge on any atom is -0.192 e. The second-order valence-electron chi connectivity index (χ2n) is 3.85. The number of nitrogens with zero attached hydrogens (tertiary/aromatic N) is 1. The number of aryl methyl sites for hydroxylation is 1. The molecular weight excluding hydrogens is 158 g/mol. The van der Waals surface area contributed by atoms with Crippen LogP contribution in [-0.2, 0) is 6.42 Å². The lowest BCUT2D eigenvalue weighted by atomic mass is 9.97. The topological polar surface area (TPSA) is 23.8 Å². The van der Waals surface area contributed by atoms with Gasteiger partial charge in [0.15, 0.2) is 0 Å². The van der Waals surface area contributed by atoms with Crippen LogP contribution in [0, 0.1) is 24.2 Å². The summed E-state index contributed by atoms with van der Waals surface area (Å²) in [5.41, 5.74) is 3.34. The Hall–Kier alpha value is -1.29. The number of rotatable bonds is 2. The summed E-state index contributed by atoms with van der Waals surface area (Å²) in [6, 6.07) is 8.06. The van der Waals surface area contributed by atoms with E-state index in [1.807, 2.05) is 12.1 Å². The molecule has 0 heterocycles. The Labute approximate surface area is 80.0 Å². The van der Waals surface area contributed by atoms with E-state index < -0.39 is 0 Å². The van der Waals surface area contributed by atoms with Crippen LogP contribution < -0.4 is 0 Å².